The highest BCUT2D eigenvalue weighted by molar-refractivity contribution is 6.01. The zero-order valence-corrected chi connectivity index (χ0v) is 10.8. The molecule has 0 atom stereocenters. The number of carboxylic acids is 1. The number of nitrogens with one attached hydrogen (secondary N) is 1. The first-order chi connectivity index (χ1) is 9.54. The van der Waals surface area contributed by atoms with Gasteiger partial charge in [0.15, 0.2) is 5.69 Å². The lowest BCUT2D eigenvalue weighted by Crippen LogP contribution is -2.28. The predicted octanol–water partition coefficient (Wildman–Crippen LogP) is 0.231. The van der Waals surface area contributed by atoms with Crippen molar-refractivity contribution >= 4 is 22.6 Å². The lowest BCUT2D eigenvalue weighted by Gasteiger charge is -2.08. The van der Waals surface area contributed by atoms with Crippen molar-refractivity contribution in [3.05, 3.63) is 40.3 Å². The Bertz CT molecular complexity index is 736. The van der Waals surface area contributed by atoms with Crippen LogP contribution in [0.2, 0.25) is 0 Å². The van der Waals surface area contributed by atoms with Crippen LogP contribution in [0.3, 0.4) is 0 Å². The van der Waals surface area contributed by atoms with Crippen molar-refractivity contribution in [2.45, 2.75) is 13.0 Å². The van der Waals surface area contributed by atoms with E-state index in [2.05, 4.69) is 10.4 Å². The molecular formula is C13H13N3O4. The van der Waals surface area contributed by atoms with Gasteiger partial charge in [-0.05, 0) is 6.07 Å². The van der Waals surface area contributed by atoms with Crippen LogP contribution in [-0.2, 0) is 11.3 Å². The van der Waals surface area contributed by atoms with Crippen LogP contribution in [-0.4, -0.2) is 33.8 Å². The van der Waals surface area contributed by atoms with Gasteiger partial charge in [0.1, 0.15) is 0 Å². The highest BCUT2D eigenvalue weighted by Crippen LogP contribution is 2.13. The fourth-order valence-electron chi connectivity index (χ4n) is 1.88. The standard InChI is InChI=1S/C13H13N3O4/c1-14-10(17)6-7-16-12(18)9-5-3-2-4-8(9)11(15-16)13(19)20/h2-5H,6-7H2,1H3,(H,14,17)(H,19,20). The number of aromatic carboxylic acids is 1. The molecule has 0 aliphatic rings. The van der Waals surface area contributed by atoms with E-state index in [-0.39, 0.29) is 30.0 Å². The van der Waals surface area contributed by atoms with Crippen molar-refractivity contribution in [2.24, 2.45) is 0 Å². The first-order valence-corrected chi connectivity index (χ1v) is 5.98. The molecule has 104 valence electrons. The number of rotatable bonds is 4. The minimum absolute atomic E-state index is 0.0314. The van der Waals surface area contributed by atoms with Crippen molar-refractivity contribution in [1.82, 2.24) is 15.1 Å². The Balaban J connectivity index is 2.56. The molecule has 0 unspecified atom stereocenters. The number of carbonyl (C=O) groups excluding carboxylic acids is 1. The summed E-state index contributed by atoms with van der Waals surface area (Å²) in [6.07, 6.45) is 0.0564. The van der Waals surface area contributed by atoms with Crippen molar-refractivity contribution in [3.63, 3.8) is 0 Å². The molecule has 2 aromatic rings. The van der Waals surface area contributed by atoms with Crippen LogP contribution in [0.15, 0.2) is 29.1 Å². The summed E-state index contributed by atoms with van der Waals surface area (Å²) in [6.45, 7) is 0.0314. The quantitative estimate of drug-likeness (QED) is 0.831. The normalized spacial score (nSPS) is 10.4. The van der Waals surface area contributed by atoms with E-state index in [1.807, 2.05) is 0 Å². The second kappa shape index (κ2) is 5.52. The summed E-state index contributed by atoms with van der Waals surface area (Å²) in [5.74, 6) is -1.46. The molecule has 0 spiro atoms. The van der Waals surface area contributed by atoms with E-state index in [1.165, 1.54) is 13.1 Å². The van der Waals surface area contributed by atoms with Crippen molar-refractivity contribution in [3.8, 4) is 0 Å². The summed E-state index contributed by atoms with van der Waals surface area (Å²) >= 11 is 0. The van der Waals surface area contributed by atoms with Crippen LogP contribution in [0.25, 0.3) is 10.8 Å². The molecule has 0 bridgehead atoms. The van der Waals surface area contributed by atoms with Gasteiger partial charge in [-0.3, -0.25) is 9.59 Å². The molecule has 7 nitrogen and oxygen atoms in total. The molecular weight excluding hydrogens is 262 g/mol. The summed E-state index contributed by atoms with van der Waals surface area (Å²) in [6, 6.07) is 6.38. The Hall–Kier alpha value is -2.70. The third kappa shape index (κ3) is 2.51. The second-order valence-corrected chi connectivity index (χ2v) is 4.15. The van der Waals surface area contributed by atoms with Gasteiger partial charge >= 0.3 is 5.97 Å². The summed E-state index contributed by atoms with van der Waals surface area (Å²) in [5, 5.41) is 16.0. The average molecular weight is 275 g/mol. The lowest BCUT2D eigenvalue weighted by molar-refractivity contribution is -0.120. The third-order valence-electron chi connectivity index (χ3n) is 2.90. The number of carboxylic acid groups (broad SMARTS) is 1. The lowest BCUT2D eigenvalue weighted by atomic mass is 10.1. The van der Waals surface area contributed by atoms with E-state index < -0.39 is 11.5 Å². The maximum absolute atomic E-state index is 12.2. The minimum Gasteiger partial charge on any atom is -0.476 e. The number of aryl methyl sites for hydroxylation is 1. The summed E-state index contributed by atoms with van der Waals surface area (Å²) in [7, 11) is 1.49. The molecule has 1 heterocycles. The zero-order valence-electron chi connectivity index (χ0n) is 10.8. The maximum atomic E-state index is 12.2. The minimum atomic E-state index is -1.21. The van der Waals surface area contributed by atoms with E-state index >= 15 is 0 Å². The number of hydrogen-bond acceptors (Lipinski definition) is 4. The first kappa shape index (κ1) is 13.7. The predicted molar refractivity (Wildman–Crippen MR) is 71.6 cm³/mol. The number of hydrogen-bond donors (Lipinski definition) is 2. The number of fused-ring (bicyclic) bond motifs is 1. The number of carbonyl (C=O) groups is 2. The van der Waals surface area contributed by atoms with Gasteiger partial charge in [0.2, 0.25) is 5.91 Å². The molecule has 0 fully saturated rings. The van der Waals surface area contributed by atoms with Crippen molar-refractivity contribution in [1.29, 1.82) is 0 Å². The average Bonchev–Trinajstić information content (AvgIpc) is 2.46. The molecule has 0 aliphatic carbocycles. The molecule has 20 heavy (non-hydrogen) atoms. The van der Waals surface area contributed by atoms with Gasteiger partial charge in [0.05, 0.1) is 11.9 Å². The third-order valence-corrected chi connectivity index (χ3v) is 2.90. The number of nitrogens with zero attached hydrogens (tertiary/aromatic N) is 2. The molecule has 0 saturated heterocycles. The van der Waals surface area contributed by atoms with Gasteiger partial charge in [-0.1, -0.05) is 18.2 Å². The Morgan fingerprint density at radius 3 is 2.55 bits per heavy atom. The fraction of sp³-hybridized carbons (Fsp3) is 0.231. The van der Waals surface area contributed by atoms with E-state index in [1.54, 1.807) is 18.2 Å². The maximum Gasteiger partial charge on any atom is 0.357 e. The van der Waals surface area contributed by atoms with Gasteiger partial charge in [-0.15, -0.1) is 0 Å². The smallest absolute Gasteiger partial charge is 0.357 e. The molecule has 7 heteroatoms. The van der Waals surface area contributed by atoms with Crippen LogP contribution < -0.4 is 10.9 Å². The molecule has 1 amide bonds. The van der Waals surface area contributed by atoms with Crippen LogP contribution in [0.4, 0.5) is 0 Å². The molecule has 0 aliphatic heterocycles. The zero-order chi connectivity index (χ0) is 14.7. The highest BCUT2D eigenvalue weighted by Gasteiger charge is 2.15. The van der Waals surface area contributed by atoms with Crippen LogP contribution in [0, 0.1) is 0 Å². The Kier molecular flexibility index (Phi) is 3.79. The van der Waals surface area contributed by atoms with E-state index in [9.17, 15) is 14.4 Å². The van der Waals surface area contributed by atoms with Crippen LogP contribution in [0.1, 0.15) is 16.9 Å². The molecule has 0 radical (unpaired) electrons. The van der Waals surface area contributed by atoms with Crippen LogP contribution >= 0.6 is 0 Å². The number of aromatic nitrogens is 2. The first-order valence-electron chi connectivity index (χ1n) is 5.98. The van der Waals surface area contributed by atoms with Gasteiger partial charge in [0, 0.05) is 18.9 Å². The number of benzene rings is 1. The molecule has 0 saturated carbocycles. The van der Waals surface area contributed by atoms with Gasteiger partial charge < -0.3 is 10.4 Å². The molecule has 1 aromatic carbocycles. The van der Waals surface area contributed by atoms with E-state index in [0.717, 1.165) is 4.68 Å². The summed E-state index contributed by atoms with van der Waals surface area (Å²) in [5.41, 5.74) is -0.605. The molecule has 1 aromatic heterocycles. The Morgan fingerprint density at radius 1 is 1.30 bits per heavy atom. The summed E-state index contributed by atoms with van der Waals surface area (Å²) < 4.78 is 1.01. The Labute approximate surface area is 113 Å². The Morgan fingerprint density at radius 2 is 1.95 bits per heavy atom. The summed E-state index contributed by atoms with van der Waals surface area (Å²) in [4.78, 5) is 34.6. The SMILES string of the molecule is CNC(=O)CCn1nc(C(=O)O)c2ccccc2c1=O. The van der Waals surface area contributed by atoms with Gasteiger partial charge in [0.25, 0.3) is 5.56 Å². The number of amides is 1. The topological polar surface area (TPSA) is 101 Å². The molecule has 2 N–H and O–H groups in total. The van der Waals surface area contributed by atoms with Crippen LogP contribution in [0.5, 0.6) is 0 Å². The van der Waals surface area contributed by atoms with Gasteiger partial charge in [-0.2, -0.15) is 5.10 Å². The fourth-order valence-corrected chi connectivity index (χ4v) is 1.88. The second-order valence-electron chi connectivity index (χ2n) is 4.15. The monoisotopic (exact) mass is 275 g/mol. The van der Waals surface area contributed by atoms with Crippen molar-refractivity contribution in [2.75, 3.05) is 7.05 Å². The van der Waals surface area contributed by atoms with E-state index in [4.69, 9.17) is 5.11 Å². The highest BCUT2D eigenvalue weighted by atomic mass is 16.4. The molecule has 2 rings (SSSR count). The largest absolute Gasteiger partial charge is 0.476 e. The van der Waals surface area contributed by atoms with Crippen molar-refractivity contribution < 1.29 is 14.7 Å². The van der Waals surface area contributed by atoms with Gasteiger partial charge in [-0.25, -0.2) is 9.48 Å². The van der Waals surface area contributed by atoms with E-state index in [0.29, 0.717) is 5.39 Å².